The largest absolute Gasteiger partial charge is 0.326 e. The van der Waals surface area contributed by atoms with E-state index >= 15 is 0 Å². The summed E-state index contributed by atoms with van der Waals surface area (Å²) in [5.74, 6) is -0.252. The summed E-state index contributed by atoms with van der Waals surface area (Å²) in [5.41, 5.74) is 9.01. The van der Waals surface area contributed by atoms with Crippen LogP contribution in [-0.2, 0) is 20.4 Å². The van der Waals surface area contributed by atoms with E-state index in [1.807, 2.05) is 30.3 Å². The molecule has 2 aromatic carbocycles. The van der Waals surface area contributed by atoms with E-state index in [2.05, 4.69) is 5.32 Å². The Labute approximate surface area is 155 Å². The van der Waals surface area contributed by atoms with Crippen molar-refractivity contribution in [3.63, 3.8) is 0 Å². The van der Waals surface area contributed by atoms with Crippen molar-refractivity contribution < 1.29 is 13.2 Å². The number of nitrogens with one attached hydrogen (secondary N) is 1. The maximum atomic E-state index is 12.2. The summed E-state index contributed by atoms with van der Waals surface area (Å²) >= 11 is 0. The van der Waals surface area contributed by atoms with Crippen molar-refractivity contribution in [3.05, 3.63) is 65.2 Å². The monoisotopic (exact) mass is 382 g/mol. The lowest BCUT2D eigenvalue weighted by molar-refractivity contribution is -0.116. The van der Waals surface area contributed by atoms with Gasteiger partial charge in [0.1, 0.15) is 0 Å². The Balaban J connectivity index is 0.00000312. The van der Waals surface area contributed by atoms with E-state index in [1.165, 1.54) is 6.26 Å². The van der Waals surface area contributed by atoms with Crippen molar-refractivity contribution in [3.8, 4) is 0 Å². The molecule has 136 valence electrons. The van der Waals surface area contributed by atoms with E-state index < -0.39 is 9.84 Å². The second-order valence-electron chi connectivity index (χ2n) is 5.93. The van der Waals surface area contributed by atoms with E-state index in [0.29, 0.717) is 11.3 Å². The maximum absolute atomic E-state index is 12.2. The molecule has 7 heteroatoms. The van der Waals surface area contributed by atoms with Gasteiger partial charge in [0.15, 0.2) is 9.84 Å². The zero-order valence-electron chi connectivity index (χ0n) is 14.2. The third-order valence-electron chi connectivity index (χ3n) is 3.77. The van der Waals surface area contributed by atoms with Crippen molar-refractivity contribution in [2.24, 2.45) is 5.73 Å². The molecule has 0 aromatic heterocycles. The highest BCUT2D eigenvalue weighted by molar-refractivity contribution is 7.89. The Bertz CT molecular complexity index is 823. The first-order valence-corrected chi connectivity index (χ1v) is 9.69. The standard InChI is InChI=1S/C18H22N2O3S.ClH/c1-13-15(12-24(2,22)23)9-6-10-17(13)20-18(21)11-16(19)14-7-4-3-5-8-14;/h3-10,16H,11-12,19H2,1-2H3,(H,20,21);1H. The van der Waals surface area contributed by atoms with Crippen molar-refractivity contribution in [1.29, 1.82) is 0 Å². The SMILES string of the molecule is Cc1c(CS(C)(=O)=O)cccc1NC(=O)CC(N)c1ccccc1.Cl. The Morgan fingerprint density at radius 2 is 1.76 bits per heavy atom. The highest BCUT2D eigenvalue weighted by Crippen LogP contribution is 2.22. The van der Waals surface area contributed by atoms with Gasteiger partial charge in [0, 0.05) is 24.4 Å². The zero-order valence-corrected chi connectivity index (χ0v) is 15.9. The van der Waals surface area contributed by atoms with Gasteiger partial charge in [-0.25, -0.2) is 8.42 Å². The number of benzene rings is 2. The topological polar surface area (TPSA) is 89.3 Å². The van der Waals surface area contributed by atoms with Crippen molar-refractivity contribution >= 4 is 33.8 Å². The minimum Gasteiger partial charge on any atom is -0.326 e. The lowest BCUT2D eigenvalue weighted by Gasteiger charge is -2.15. The van der Waals surface area contributed by atoms with E-state index in [4.69, 9.17) is 5.73 Å². The second-order valence-corrected chi connectivity index (χ2v) is 8.07. The molecule has 1 atom stereocenters. The van der Waals surface area contributed by atoms with Gasteiger partial charge < -0.3 is 11.1 Å². The summed E-state index contributed by atoms with van der Waals surface area (Å²) in [6.45, 7) is 1.80. The van der Waals surface area contributed by atoms with E-state index in [1.54, 1.807) is 25.1 Å². The average molecular weight is 383 g/mol. The molecule has 1 unspecified atom stereocenters. The summed E-state index contributed by atoms with van der Waals surface area (Å²) < 4.78 is 23.0. The number of sulfone groups is 1. The molecule has 2 rings (SSSR count). The molecule has 0 aliphatic carbocycles. The van der Waals surface area contributed by atoms with Crippen molar-refractivity contribution in [1.82, 2.24) is 0 Å². The van der Waals surface area contributed by atoms with Gasteiger partial charge in [-0.3, -0.25) is 4.79 Å². The Morgan fingerprint density at radius 3 is 2.36 bits per heavy atom. The number of rotatable bonds is 6. The van der Waals surface area contributed by atoms with Crippen LogP contribution in [0.15, 0.2) is 48.5 Å². The summed E-state index contributed by atoms with van der Waals surface area (Å²) in [6.07, 6.45) is 1.34. The maximum Gasteiger partial charge on any atom is 0.226 e. The number of hydrogen-bond donors (Lipinski definition) is 2. The van der Waals surface area contributed by atoms with E-state index in [0.717, 1.165) is 11.1 Å². The van der Waals surface area contributed by atoms with Crippen LogP contribution >= 0.6 is 12.4 Å². The lowest BCUT2D eigenvalue weighted by Crippen LogP contribution is -2.21. The first-order valence-electron chi connectivity index (χ1n) is 7.63. The van der Waals surface area contributed by atoms with Crippen LogP contribution in [0.3, 0.4) is 0 Å². The number of carbonyl (C=O) groups excluding carboxylic acids is 1. The summed E-state index contributed by atoms with van der Waals surface area (Å²) in [7, 11) is -3.13. The van der Waals surface area contributed by atoms with Gasteiger partial charge in [0.25, 0.3) is 0 Å². The second kappa shape index (κ2) is 8.99. The molecule has 0 bridgehead atoms. The van der Waals surface area contributed by atoms with Gasteiger partial charge >= 0.3 is 0 Å². The van der Waals surface area contributed by atoms with Gasteiger partial charge in [0.05, 0.1) is 5.75 Å². The fraction of sp³-hybridized carbons (Fsp3) is 0.278. The van der Waals surface area contributed by atoms with Crippen LogP contribution in [0.2, 0.25) is 0 Å². The van der Waals surface area contributed by atoms with Crippen LogP contribution in [-0.4, -0.2) is 20.6 Å². The van der Waals surface area contributed by atoms with Gasteiger partial charge in [-0.2, -0.15) is 0 Å². The van der Waals surface area contributed by atoms with Gasteiger partial charge in [0.2, 0.25) is 5.91 Å². The molecule has 3 N–H and O–H groups in total. The lowest BCUT2D eigenvalue weighted by atomic mass is 10.0. The molecule has 0 spiro atoms. The molecule has 0 fully saturated rings. The molecule has 0 aliphatic rings. The predicted octanol–water partition coefficient (Wildman–Crippen LogP) is 2.99. The molecule has 25 heavy (non-hydrogen) atoms. The van der Waals surface area contributed by atoms with E-state index in [9.17, 15) is 13.2 Å². The van der Waals surface area contributed by atoms with Gasteiger partial charge in [-0.15, -0.1) is 12.4 Å². The number of nitrogens with two attached hydrogens (primary N) is 1. The minimum absolute atomic E-state index is 0. The summed E-state index contributed by atoms with van der Waals surface area (Å²) in [5, 5.41) is 2.82. The molecule has 0 saturated carbocycles. The van der Waals surface area contributed by atoms with Crippen LogP contribution in [0.25, 0.3) is 0 Å². The van der Waals surface area contributed by atoms with Crippen LogP contribution < -0.4 is 11.1 Å². The van der Waals surface area contributed by atoms with Gasteiger partial charge in [-0.1, -0.05) is 42.5 Å². The Morgan fingerprint density at radius 1 is 1.12 bits per heavy atom. The molecular formula is C18H23ClN2O3S. The highest BCUT2D eigenvalue weighted by atomic mass is 35.5. The number of amides is 1. The van der Waals surface area contributed by atoms with Crippen LogP contribution in [0.5, 0.6) is 0 Å². The van der Waals surface area contributed by atoms with Crippen molar-refractivity contribution in [2.45, 2.75) is 25.1 Å². The zero-order chi connectivity index (χ0) is 17.7. The van der Waals surface area contributed by atoms with Crippen LogP contribution in [0.1, 0.15) is 29.2 Å². The fourth-order valence-corrected chi connectivity index (χ4v) is 3.35. The smallest absolute Gasteiger partial charge is 0.226 e. The minimum atomic E-state index is -3.13. The molecule has 2 aromatic rings. The van der Waals surface area contributed by atoms with Crippen LogP contribution in [0.4, 0.5) is 5.69 Å². The molecule has 0 aliphatic heterocycles. The third kappa shape index (κ3) is 6.49. The summed E-state index contributed by atoms with van der Waals surface area (Å²) in [4.78, 5) is 12.2. The molecule has 5 nitrogen and oxygen atoms in total. The quantitative estimate of drug-likeness (QED) is 0.803. The van der Waals surface area contributed by atoms with Crippen LogP contribution in [0, 0.1) is 6.92 Å². The fourth-order valence-electron chi connectivity index (χ4n) is 2.48. The summed E-state index contributed by atoms with van der Waals surface area (Å²) in [6, 6.07) is 14.3. The number of anilines is 1. The number of halogens is 1. The number of carbonyl (C=O) groups is 1. The molecular weight excluding hydrogens is 360 g/mol. The molecule has 0 saturated heterocycles. The molecule has 0 heterocycles. The average Bonchev–Trinajstić information content (AvgIpc) is 2.51. The highest BCUT2D eigenvalue weighted by Gasteiger charge is 2.14. The van der Waals surface area contributed by atoms with Crippen molar-refractivity contribution in [2.75, 3.05) is 11.6 Å². The predicted molar refractivity (Wildman–Crippen MR) is 104 cm³/mol. The molecule has 0 radical (unpaired) electrons. The first-order chi connectivity index (χ1) is 11.3. The number of hydrogen-bond acceptors (Lipinski definition) is 4. The van der Waals surface area contributed by atoms with Gasteiger partial charge in [-0.05, 0) is 29.7 Å². The normalized spacial score (nSPS) is 12.1. The Kier molecular flexibility index (Phi) is 7.60. The first kappa shape index (κ1) is 21.2. The molecule has 1 amide bonds. The third-order valence-corrected chi connectivity index (χ3v) is 4.61. The van der Waals surface area contributed by atoms with E-state index in [-0.39, 0.29) is 36.5 Å². The Hall–Kier alpha value is -1.89.